The number of hydrogen-bond donors (Lipinski definition) is 2. The van der Waals surface area contributed by atoms with Crippen molar-refractivity contribution in [1.82, 2.24) is 0 Å². The number of sulfonamides is 1. The minimum absolute atomic E-state index is 0.117. The molecule has 0 unspecified atom stereocenters. The summed E-state index contributed by atoms with van der Waals surface area (Å²) in [5, 5.41) is 2.70. The first-order valence-electron chi connectivity index (χ1n) is 7.11. The van der Waals surface area contributed by atoms with Gasteiger partial charge in [0.05, 0.1) is 10.6 Å². The Hall–Kier alpha value is -2.06. The average Bonchev–Trinajstić information content (AvgIpc) is 2.49. The Labute approximate surface area is 148 Å². The molecule has 0 atom stereocenters. The Morgan fingerprint density at radius 1 is 1.12 bits per heavy atom. The molecule has 2 aromatic carbocycles. The van der Waals surface area contributed by atoms with E-state index in [1.54, 1.807) is 44.2 Å². The van der Waals surface area contributed by atoms with Crippen molar-refractivity contribution in [1.29, 1.82) is 0 Å². The number of anilines is 2. The van der Waals surface area contributed by atoms with Crippen LogP contribution in [0.1, 0.15) is 13.8 Å². The second-order valence-corrected chi connectivity index (χ2v) is 8.40. The van der Waals surface area contributed by atoms with E-state index in [-0.39, 0.29) is 16.5 Å². The summed E-state index contributed by atoms with van der Waals surface area (Å²) in [7, 11) is -3.79. The molecular formula is C16H15BrN2O4S. The van der Waals surface area contributed by atoms with Gasteiger partial charge in [0.1, 0.15) is 11.4 Å². The second kappa shape index (κ2) is 5.78. The predicted molar refractivity (Wildman–Crippen MR) is 94.7 cm³/mol. The van der Waals surface area contributed by atoms with E-state index >= 15 is 0 Å². The highest BCUT2D eigenvalue weighted by Gasteiger charge is 2.36. The van der Waals surface area contributed by atoms with Crippen LogP contribution in [0.4, 0.5) is 11.4 Å². The SMILES string of the molecule is CC1(C)Oc2cccc(NS(=O)(=O)c3ccc(Br)cc3)c2NC1=O. The molecule has 8 heteroatoms. The minimum atomic E-state index is -3.79. The first-order chi connectivity index (χ1) is 11.2. The number of rotatable bonds is 3. The van der Waals surface area contributed by atoms with Gasteiger partial charge in [-0.3, -0.25) is 9.52 Å². The molecule has 0 radical (unpaired) electrons. The fourth-order valence-corrected chi connectivity index (χ4v) is 3.57. The van der Waals surface area contributed by atoms with Crippen LogP contribution in [-0.2, 0) is 14.8 Å². The molecule has 1 aliphatic heterocycles. The lowest BCUT2D eigenvalue weighted by Crippen LogP contribution is -2.45. The van der Waals surface area contributed by atoms with Gasteiger partial charge in [-0.1, -0.05) is 22.0 Å². The smallest absolute Gasteiger partial charge is 0.268 e. The zero-order chi connectivity index (χ0) is 17.5. The van der Waals surface area contributed by atoms with Crippen molar-refractivity contribution in [3.63, 3.8) is 0 Å². The average molecular weight is 411 g/mol. The van der Waals surface area contributed by atoms with Crippen molar-refractivity contribution in [2.45, 2.75) is 24.3 Å². The standard InChI is InChI=1S/C16H15BrN2O4S/c1-16(2)15(20)18-14-12(4-3-5-13(14)23-16)19-24(21,22)11-8-6-10(17)7-9-11/h3-9,19H,1-2H3,(H,18,20). The molecule has 0 saturated carbocycles. The van der Waals surface area contributed by atoms with Crippen LogP contribution in [0.3, 0.4) is 0 Å². The molecule has 0 aliphatic carbocycles. The number of fused-ring (bicyclic) bond motifs is 1. The van der Waals surface area contributed by atoms with E-state index in [9.17, 15) is 13.2 Å². The van der Waals surface area contributed by atoms with Crippen LogP contribution in [0.5, 0.6) is 5.75 Å². The number of carbonyl (C=O) groups excluding carboxylic acids is 1. The van der Waals surface area contributed by atoms with E-state index in [0.29, 0.717) is 11.4 Å². The van der Waals surface area contributed by atoms with Crippen molar-refractivity contribution < 1.29 is 17.9 Å². The van der Waals surface area contributed by atoms with Crippen molar-refractivity contribution in [2.24, 2.45) is 0 Å². The number of carbonyl (C=O) groups is 1. The Bertz CT molecular complexity index is 908. The van der Waals surface area contributed by atoms with Crippen LogP contribution in [0.25, 0.3) is 0 Å². The highest BCUT2D eigenvalue weighted by molar-refractivity contribution is 9.10. The Balaban J connectivity index is 1.97. The van der Waals surface area contributed by atoms with Gasteiger partial charge in [-0.2, -0.15) is 0 Å². The molecule has 0 fully saturated rings. The van der Waals surface area contributed by atoms with Crippen LogP contribution < -0.4 is 14.8 Å². The van der Waals surface area contributed by atoms with E-state index in [0.717, 1.165) is 4.47 Å². The topological polar surface area (TPSA) is 84.5 Å². The fourth-order valence-electron chi connectivity index (χ4n) is 2.23. The minimum Gasteiger partial charge on any atom is -0.476 e. The van der Waals surface area contributed by atoms with Crippen LogP contribution in [0, 0.1) is 0 Å². The Morgan fingerprint density at radius 3 is 2.46 bits per heavy atom. The van der Waals surface area contributed by atoms with Crippen LogP contribution in [-0.4, -0.2) is 19.9 Å². The highest BCUT2D eigenvalue weighted by Crippen LogP contribution is 2.39. The Kier molecular flexibility index (Phi) is 4.05. The van der Waals surface area contributed by atoms with Gasteiger partial charge in [0.25, 0.3) is 15.9 Å². The molecule has 6 nitrogen and oxygen atoms in total. The van der Waals surface area contributed by atoms with E-state index in [4.69, 9.17) is 4.74 Å². The van der Waals surface area contributed by atoms with Gasteiger partial charge < -0.3 is 10.1 Å². The first-order valence-corrected chi connectivity index (χ1v) is 9.38. The van der Waals surface area contributed by atoms with Gasteiger partial charge in [-0.15, -0.1) is 0 Å². The van der Waals surface area contributed by atoms with Gasteiger partial charge >= 0.3 is 0 Å². The summed E-state index contributed by atoms with van der Waals surface area (Å²) in [6, 6.07) is 11.2. The van der Waals surface area contributed by atoms with Crippen LogP contribution >= 0.6 is 15.9 Å². The summed E-state index contributed by atoms with van der Waals surface area (Å²) >= 11 is 3.27. The third-order valence-electron chi connectivity index (χ3n) is 3.54. The maximum absolute atomic E-state index is 12.5. The van der Waals surface area contributed by atoms with Gasteiger partial charge in [-0.05, 0) is 50.2 Å². The van der Waals surface area contributed by atoms with Gasteiger partial charge in [0.2, 0.25) is 0 Å². The molecule has 1 heterocycles. The molecule has 2 aromatic rings. The summed E-state index contributed by atoms with van der Waals surface area (Å²) < 4.78 is 34.0. The molecule has 3 rings (SSSR count). The molecule has 0 saturated heterocycles. The number of benzene rings is 2. The van der Waals surface area contributed by atoms with Gasteiger partial charge in [0.15, 0.2) is 5.60 Å². The third kappa shape index (κ3) is 3.11. The Morgan fingerprint density at radius 2 is 1.79 bits per heavy atom. The van der Waals surface area contributed by atoms with Crippen molar-refractivity contribution in [2.75, 3.05) is 10.0 Å². The monoisotopic (exact) mass is 410 g/mol. The second-order valence-electron chi connectivity index (χ2n) is 5.80. The number of ether oxygens (including phenoxy) is 1. The first kappa shape index (κ1) is 16.8. The molecule has 2 N–H and O–H groups in total. The third-order valence-corrected chi connectivity index (χ3v) is 5.46. The van der Waals surface area contributed by atoms with E-state index in [1.807, 2.05) is 0 Å². The molecule has 0 aromatic heterocycles. The molecule has 24 heavy (non-hydrogen) atoms. The number of para-hydroxylation sites is 1. The maximum atomic E-state index is 12.5. The lowest BCUT2D eigenvalue weighted by atomic mass is 10.1. The van der Waals surface area contributed by atoms with Crippen LogP contribution in [0.15, 0.2) is 51.8 Å². The van der Waals surface area contributed by atoms with Crippen molar-refractivity contribution >= 4 is 43.2 Å². The number of halogens is 1. The lowest BCUT2D eigenvalue weighted by Gasteiger charge is -2.32. The lowest BCUT2D eigenvalue weighted by molar-refractivity contribution is -0.129. The van der Waals surface area contributed by atoms with E-state index in [2.05, 4.69) is 26.0 Å². The number of amides is 1. The predicted octanol–water partition coefficient (Wildman–Crippen LogP) is 3.36. The number of nitrogens with one attached hydrogen (secondary N) is 2. The van der Waals surface area contributed by atoms with Gasteiger partial charge in [-0.25, -0.2) is 8.42 Å². The summed E-state index contributed by atoms with van der Waals surface area (Å²) in [6.45, 7) is 3.29. The van der Waals surface area contributed by atoms with E-state index < -0.39 is 15.6 Å². The van der Waals surface area contributed by atoms with Crippen LogP contribution in [0.2, 0.25) is 0 Å². The highest BCUT2D eigenvalue weighted by atomic mass is 79.9. The summed E-state index contributed by atoms with van der Waals surface area (Å²) in [6.07, 6.45) is 0. The summed E-state index contributed by atoms with van der Waals surface area (Å²) in [5.74, 6) is 0.0703. The summed E-state index contributed by atoms with van der Waals surface area (Å²) in [4.78, 5) is 12.2. The molecule has 1 amide bonds. The number of hydrogen-bond acceptors (Lipinski definition) is 4. The zero-order valence-corrected chi connectivity index (χ0v) is 15.4. The molecule has 126 valence electrons. The molecule has 0 spiro atoms. The molecular weight excluding hydrogens is 396 g/mol. The van der Waals surface area contributed by atoms with Crippen molar-refractivity contribution in [3.8, 4) is 5.75 Å². The zero-order valence-electron chi connectivity index (χ0n) is 13.0. The fraction of sp³-hybridized carbons (Fsp3) is 0.188. The maximum Gasteiger partial charge on any atom is 0.268 e. The quantitative estimate of drug-likeness (QED) is 0.812. The molecule has 1 aliphatic rings. The summed E-state index contributed by atoms with van der Waals surface area (Å²) in [5.41, 5.74) is -0.460. The van der Waals surface area contributed by atoms with E-state index in [1.165, 1.54) is 12.1 Å². The van der Waals surface area contributed by atoms with Crippen molar-refractivity contribution in [3.05, 3.63) is 46.9 Å². The molecule has 0 bridgehead atoms. The van der Waals surface area contributed by atoms with Gasteiger partial charge in [0, 0.05) is 4.47 Å². The normalized spacial score (nSPS) is 15.9. The largest absolute Gasteiger partial charge is 0.476 e.